The van der Waals surface area contributed by atoms with E-state index < -0.39 is 0 Å². The molecule has 0 spiro atoms. The molecule has 3 heteroatoms. The van der Waals surface area contributed by atoms with E-state index >= 15 is 0 Å². The molecule has 108 valence electrons. The van der Waals surface area contributed by atoms with Crippen molar-refractivity contribution in [1.29, 1.82) is 0 Å². The van der Waals surface area contributed by atoms with E-state index in [-0.39, 0.29) is 5.91 Å². The van der Waals surface area contributed by atoms with Crippen molar-refractivity contribution in [3.63, 3.8) is 0 Å². The van der Waals surface area contributed by atoms with Gasteiger partial charge in [0.15, 0.2) is 0 Å². The molecule has 3 nitrogen and oxygen atoms in total. The molecule has 0 saturated carbocycles. The van der Waals surface area contributed by atoms with Crippen molar-refractivity contribution in [2.75, 3.05) is 0 Å². The number of amides is 1. The monoisotopic (exact) mass is 281 g/mol. The first-order valence-electron chi connectivity index (χ1n) is 7.17. The van der Waals surface area contributed by atoms with Crippen molar-refractivity contribution in [2.45, 2.75) is 33.2 Å². The van der Waals surface area contributed by atoms with Crippen LogP contribution in [0.3, 0.4) is 0 Å². The van der Waals surface area contributed by atoms with Gasteiger partial charge in [0, 0.05) is 24.0 Å². The summed E-state index contributed by atoms with van der Waals surface area (Å²) in [5.74, 6) is 7.72. The molecule has 0 aliphatic carbocycles. The summed E-state index contributed by atoms with van der Waals surface area (Å²) in [5, 5.41) is 2.80. The third-order valence-electron chi connectivity index (χ3n) is 3.00. The van der Waals surface area contributed by atoms with Gasteiger partial charge >= 0.3 is 0 Å². The number of furan rings is 1. The molecular formula is C18H19NO2. The lowest BCUT2D eigenvalue weighted by molar-refractivity contribution is -0.121. The number of carbonyl (C=O) groups excluding carboxylic acids is 1. The number of nitrogens with one attached hydrogen (secondary N) is 1. The maximum absolute atomic E-state index is 11.2. The third-order valence-corrected chi connectivity index (χ3v) is 3.00. The Morgan fingerprint density at radius 1 is 1.24 bits per heavy atom. The molecule has 0 bridgehead atoms. The van der Waals surface area contributed by atoms with Gasteiger partial charge in [-0.3, -0.25) is 4.79 Å². The Morgan fingerprint density at radius 2 is 2.10 bits per heavy atom. The van der Waals surface area contributed by atoms with Crippen LogP contribution in [0.1, 0.15) is 38.0 Å². The van der Waals surface area contributed by atoms with Crippen molar-refractivity contribution in [1.82, 2.24) is 5.32 Å². The molecule has 1 N–H and O–H groups in total. The SMILES string of the molecule is CCC#Cc1cccc(-c2ccc(CNC(=O)CC)o2)c1. The zero-order valence-corrected chi connectivity index (χ0v) is 12.4. The van der Waals surface area contributed by atoms with Crippen LogP contribution in [-0.4, -0.2) is 5.91 Å². The van der Waals surface area contributed by atoms with E-state index in [1.165, 1.54) is 0 Å². The van der Waals surface area contributed by atoms with Gasteiger partial charge in [-0.1, -0.05) is 37.8 Å². The molecule has 21 heavy (non-hydrogen) atoms. The lowest BCUT2D eigenvalue weighted by Gasteiger charge is -2.01. The lowest BCUT2D eigenvalue weighted by atomic mass is 10.1. The Labute approximate surface area is 125 Å². The zero-order valence-electron chi connectivity index (χ0n) is 12.4. The van der Waals surface area contributed by atoms with Crippen LogP contribution in [0.15, 0.2) is 40.8 Å². The smallest absolute Gasteiger partial charge is 0.220 e. The second-order valence-electron chi connectivity index (χ2n) is 4.63. The highest BCUT2D eigenvalue weighted by Gasteiger charge is 2.06. The minimum atomic E-state index is 0.0183. The Kier molecular flexibility index (Phi) is 5.22. The number of rotatable bonds is 4. The average Bonchev–Trinajstić information content (AvgIpc) is 3.00. The predicted octanol–water partition coefficient (Wildman–Crippen LogP) is 3.73. The topological polar surface area (TPSA) is 42.2 Å². The summed E-state index contributed by atoms with van der Waals surface area (Å²) in [4.78, 5) is 11.2. The fourth-order valence-corrected chi connectivity index (χ4v) is 1.88. The van der Waals surface area contributed by atoms with E-state index in [4.69, 9.17) is 4.42 Å². The van der Waals surface area contributed by atoms with Crippen LogP contribution >= 0.6 is 0 Å². The lowest BCUT2D eigenvalue weighted by Crippen LogP contribution is -2.20. The molecule has 1 heterocycles. The molecule has 0 aliphatic heterocycles. The van der Waals surface area contributed by atoms with Gasteiger partial charge in [-0.05, 0) is 24.3 Å². The second-order valence-corrected chi connectivity index (χ2v) is 4.63. The van der Waals surface area contributed by atoms with E-state index in [1.54, 1.807) is 0 Å². The summed E-state index contributed by atoms with van der Waals surface area (Å²) in [6.45, 7) is 4.27. The van der Waals surface area contributed by atoms with Gasteiger partial charge in [0.25, 0.3) is 0 Å². The average molecular weight is 281 g/mol. The first-order chi connectivity index (χ1) is 10.2. The van der Waals surface area contributed by atoms with Gasteiger partial charge in [0.05, 0.1) is 6.54 Å². The van der Waals surface area contributed by atoms with Crippen LogP contribution in [0.4, 0.5) is 0 Å². The van der Waals surface area contributed by atoms with E-state index in [0.717, 1.165) is 29.1 Å². The number of carbonyl (C=O) groups is 1. The van der Waals surface area contributed by atoms with Crippen LogP contribution in [0.25, 0.3) is 11.3 Å². The van der Waals surface area contributed by atoms with Crippen LogP contribution in [0.2, 0.25) is 0 Å². The molecule has 0 atom stereocenters. The highest BCUT2D eigenvalue weighted by atomic mass is 16.3. The summed E-state index contributed by atoms with van der Waals surface area (Å²) in [5.41, 5.74) is 1.97. The number of hydrogen-bond acceptors (Lipinski definition) is 2. The van der Waals surface area contributed by atoms with Gasteiger partial charge < -0.3 is 9.73 Å². The molecule has 0 radical (unpaired) electrons. The van der Waals surface area contributed by atoms with Crippen LogP contribution in [-0.2, 0) is 11.3 Å². The zero-order chi connectivity index (χ0) is 15.1. The maximum atomic E-state index is 11.2. The Bertz CT molecular complexity index is 674. The first-order valence-corrected chi connectivity index (χ1v) is 7.17. The van der Waals surface area contributed by atoms with E-state index in [9.17, 15) is 4.79 Å². The van der Waals surface area contributed by atoms with Crippen molar-refractivity contribution in [3.05, 3.63) is 47.7 Å². The van der Waals surface area contributed by atoms with E-state index in [0.29, 0.717) is 13.0 Å². The van der Waals surface area contributed by atoms with Gasteiger partial charge in [-0.15, -0.1) is 0 Å². The Hall–Kier alpha value is -2.47. The molecular weight excluding hydrogens is 262 g/mol. The van der Waals surface area contributed by atoms with Crippen LogP contribution < -0.4 is 5.32 Å². The van der Waals surface area contributed by atoms with Crippen molar-refractivity contribution in [3.8, 4) is 23.2 Å². The summed E-state index contributed by atoms with van der Waals surface area (Å²) < 4.78 is 5.76. The molecule has 0 saturated heterocycles. The fraction of sp³-hybridized carbons (Fsp3) is 0.278. The highest BCUT2D eigenvalue weighted by Crippen LogP contribution is 2.23. The van der Waals surface area contributed by atoms with Crippen LogP contribution in [0.5, 0.6) is 0 Å². The number of hydrogen-bond donors (Lipinski definition) is 1. The first kappa shape index (κ1) is 14.9. The summed E-state index contributed by atoms with van der Waals surface area (Å²) in [6.07, 6.45) is 1.32. The molecule has 2 rings (SSSR count). The molecule has 0 aliphatic rings. The standard InChI is InChI=1S/C18H19NO2/c1-3-5-7-14-8-6-9-15(12-14)17-11-10-16(21-17)13-19-18(20)4-2/h6,8-12H,3-4,13H2,1-2H3,(H,19,20). The predicted molar refractivity (Wildman–Crippen MR) is 83.5 cm³/mol. The van der Waals surface area contributed by atoms with Crippen molar-refractivity contribution >= 4 is 5.91 Å². The second kappa shape index (κ2) is 7.35. The Balaban J connectivity index is 2.12. The van der Waals surface area contributed by atoms with Gasteiger partial charge in [-0.25, -0.2) is 0 Å². The van der Waals surface area contributed by atoms with E-state index in [1.807, 2.05) is 50.2 Å². The molecule has 0 unspecified atom stereocenters. The van der Waals surface area contributed by atoms with E-state index in [2.05, 4.69) is 17.2 Å². The fourth-order valence-electron chi connectivity index (χ4n) is 1.88. The molecule has 1 amide bonds. The van der Waals surface area contributed by atoms with Gasteiger partial charge in [-0.2, -0.15) is 0 Å². The van der Waals surface area contributed by atoms with Gasteiger partial charge in [0.1, 0.15) is 11.5 Å². The normalized spacial score (nSPS) is 9.81. The van der Waals surface area contributed by atoms with Crippen LogP contribution in [0, 0.1) is 11.8 Å². The largest absolute Gasteiger partial charge is 0.459 e. The minimum absolute atomic E-state index is 0.0183. The summed E-state index contributed by atoms with van der Waals surface area (Å²) in [7, 11) is 0. The molecule has 2 aromatic rings. The van der Waals surface area contributed by atoms with Gasteiger partial charge in [0.2, 0.25) is 5.91 Å². The summed E-state index contributed by atoms with van der Waals surface area (Å²) >= 11 is 0. The Morgan fingerprint density at radius 3 is 2.86 bits per heavy atom. The van der Waals surface area contributed by atoms with Crippen molar-refractivity contribution in [2.24, 2.45) is 0 Å². The summed E-state index contributed by atoms with van der Waals surface area (Å²) in [6, 6.07) is 11.8. The molecule has 1 aromatic carbocycles. The molecule has 1 aromatic heterocycles. The number of benzene rings is 1. The minimum Gasteiger partial charge on any atom is -0.459 e. The quantitative estimate of drug-likeness (QED) is 0.868. The maximum Gasteiger partial charge on any atom is 0.220 e. The highest BCUT2D eigenvalue weighted by molar-refractivity contribution is 5.75. The molecule has 0 fully saturated rings. The van der Waals surface area contributed by atoms with Crippen molar-refractivity contribution < 1.29 is 9.21 Å². The third kappa shape index (κ3) is 4.25.